The predicted molar refractivity (Wildman–Crippen MR) is 87.9 cm³/mol. The number of carbonyl (C=O) groups excluding carboxylic acids is 1. The largest absolute Gasteiger partial charge is 0.445 e. The second-order valence-electron chi connectivity index (χ2n) is 5.29. The van der Waals surface area contributed by atoms with Gasteiger partial charge in [-0.05, 0) is 12.5 Å². The van der Waals surface area contributed by atoms with Crippen molar-refractivity contribution in [2.75, 3.05) is 0 Å². The highest BCUT2D eigenvalue weighted by atomic mass is 16.5. The molecule has 1 amide bonds. The van der Waals surface area contributed by atoms with Gasteiger partial charge in [0.1, 0.15) is 13.2 Å². The molecule has 1 heterocycles. The van der Waals surface area contributed by atoms with E-state index in [-0.39, 0.29) is 13.2 Å². The van der Waals surface area contributed by atoms with Gasteiger partial charge in [-0.2, -0.15) is 4.98 Å². The first-order valence-electron chi connectivity index (χ1n) is 7.55. The van der Waals surface area contributed by atoms with Gasteiger partial charge in [0.2, 0.25) is 11.7 Å². The van der Waals surface area contributed by atoms with Crippen molar-refractivity contribution in [3.8, 4) is 11.4 Å². The number of hydrogen-bond donors (Lipinski definition) is 1. The Bertz CT molecular complexity index is 798. The van der Waals surface area contributed by atoms with Gasteiger partial charge in [0.15, 0.2) is 0 Å². The maximum Gasteiger partial charge on any atom is 0.407 e. The average molecular weight is 323 g/mol. The number of nitrogens with one attached hydrogen (secondary N) is 1. The summed E-state index contributed by atoms with van der Waals surface area (Å²) >= 11 is 0. The minimum Gasteiger partial charge on any atom is -0.445 e. The molecule has 1 N–H and O–H groups in total. The molecule has 0 aliphatic carbocycles. The molecule has 122 valence electrons. The third-order valence-corrected chi connectivity index (χ3v) is 3.37. The summed E-state index contributed by atoms with van der Waals surface area (Å²) in [5.74, 6) is 0.812. The molecule has 0 unspecified atom stereocenters. The first-order valence-corrected chi connectivity index (χ1v) is 7.55. The number of aromatic nitrogens is 2. The second-order valence-corrected chi connectivity index (χ2v) is 5.29. The van der Waals surface area contributed by atoms with Gasteiger partial charge in [-0.25, -0.2) is 4.79 Å². The summed E-state index contributed by atoms with van der Waals surface area (Å²) in [4.78, 5) is 15.9. The summed E-state index contributed by atoms with van der Waals surface area (Å²) in [5.41, 5.74) is 2.94. The topological polar surface area (TPSA) is 77.2 Å². The van der Waals surface area contributed by atoms with Gasteiger partial charge in [0.25, 0.3) is 0 Å². The van der Waals surface area contributed by atoms with Crippen LogP contribution < -0.4 is 5.32 Å². The molecule has 0 spiro atoms. The van der Waals surface area contributed by atoms with Crippen LogP contribution in [0, 0.1) is 6.92 Å². The van der Waals surface area contributed by atoms with Crippen LogP contribution in [0.3, 0.4) is 0 Å². The second kappa shape index (κ2) is 7.41. The van der Waals surface area contributed by atoms with Gasteiger partial charge in [-0.1, -0.05) is 65.3 Å². The van der Waals surface area contributed by atoms with Crippen LogP contribution in [0.25, 0.3) is 11.4 Å². The SMILES string of the molecule is Cc1ccc(-c2noc(CNC(=O)OCc3ccccc3)n2)cc1. The van der Waals surface area contributed by atoms with Gasteiger partial charge in [0.05, 0.1) is 0 Å². The summed E-state index contributed by atoms with van der Waals surface area (Å²) in [6.07, 6.45) is -0.533. The van der Waals surface area contributed by atoms with E-state index in [0.717, 1.165) is 16.7 Å². The lowest BCUT2D eigenvalue weighted by Gasteiger charge is -2.05. The van der Waals surface area contributed by atoms with E-state index in [1.54, 1.807) is 0 Å². The molecule has 0 aliphatic heterocycles. The third-order valence-electron chi connectivity index (χ3n) is 3.37. The molecule has 0 saturated carbocycles. The number of benzene rings is 2. The third kappa shape index (κ3) is 4.19. The quantitative estimate of drug-likeness (QED) is 0.778. The molecule has 6 nitrogen and oxygen atoms in total. The first-order chi connectivity index (χ1) is 11.7. The van der Waals surface area contributed by atoms with Crippen LogP contribution >= 0.6 is 0 Å². The number of aryl methyl sites for hydroxylation is 1. The van der Waals surface area contributed by atoms with Crippen molar-refractivity contribution >= 4 is 6.09 Å². The maximum absolute atomic E-state index is 11.7. The molecule has 0 atom stereocenters. The molecule has 0 radical (unpaired) electrons. The molecule has 2 aromatic carbocycles. The zero-order valence-corrected chi connectivity index (χ0v) is 13.2. The standard InChI is InChI=1S/C18H17N3O3/c1-13-7-9-15(10-8-13)17-20-16(24-21-17)11-19-18(22)23-12-14-5-3-2-4-6-14/h2-10H,11-12H2,1H3,(H,19,22). The molecule has 0 bridgehead atoms. The molecule has 3 rings (SSSR count). The van der Waals surface area contributed by atoms with E-state index in [9.17, 15) is 4.79 Å². The van der Waals surface area contributed by atoms with Crippen molar-refractivity contribution in [1.29, 1.82) is 0 Å². The number of ether oxygens (including phenoxy) is 1. The molecule has 1 aromatic heterocycles. The van der Waals surface area contributed by atoms with E-state index in [2.05, 4.69) is 15.5 Å². The number of hydrogen-bond acceptors (Lipinski definition) is 5. The Morgan fingerprint density at radius 1 is 1.12 bits per heavy atom. The molecular formula is C18H17N3O3. The van der Waals surface area contributed by atoms with E-state index in [1.807, 2.05) is 61.5 Å². The van der Waals surface area contributed by atoms with E-state index in [1.165, 1.54) is 0 Å². The minimum atomic E-state index is -0.533. The van der Waals surface area contributed by atoms with E-state index >= 15 is 0 Å². The van der Waals surface area contributed by atoms with Crippen molar-refractivity contribution in [1.82, 2.24) is 15.5 Å². The van der Waals surface area contributed by atoms with Gasteiger partial charge in [-0.3, -0.25) is 0 Å². The first kappa shape index (κ1) is 15.7. The summed E-state index contributed by atoms with van der Waals surface area (Å²) in [6.45, 7) is 2.34. The lowest BCUT2D eigenvalue weighted by atomic mass is 10.1. The number of rotatable bonds is 5. The monoisotopic (exact) mass is 323 g/mol. The Morgan fingerprint density at radius 2 is 1.88 bits per heavy atom. The highest BCUT2D eigenvalue weighted by Gasteiger charge is 2.10. The highest BCUT2D eigenvalue weighted by molar-refractivity contribution is 5.67. The number of amides is 1. The lowest BCUT2D eigenvalue weighted by Crippen LogP contribution is -2.23. The molecule has 6 heteroatoms. The molecule has 0 aliphatic rings. The normalized spacial score (nSPS) is 10.4. The highest BCUT2D eigenvalue weighted by Crippen LogP contribution is 2.16. The lowest BCUT2D eigenvalue weighted by molar-refractivity contribution is 0.138. The van der Waals surface area contributed by atoms with Crippen molar-refractivity contribution in [3.05, 3.63) is 71.6 Å². The number of carbonyl (C=O) groups is 1. The molecule has 0 fully saturated rings. The van der Waals surface area contributed by atoms with E-state index < -0.39 is 6.09 Å². The fourth-order valence-corrected chi connectivity index (χ4v) is 2.07. The Hall–Kier alpha value is -3.15. The van der Waals surface area contributed by atoms with Crippen molar-refractivity contribution < 1.29 is 14.1 Å². The van der Waals surface area contributed by atoms with Crippen LogP contribution in [0.2, 0.25) is 0 Å². The molecular weight excluding hydrogens is 306 g/mol. The van der Waals surface area contributed by atoms with Crippen LogP contribution in [0.1, 0.15) is 17.0 Å². The van der Waals surface area contributed by atoms with E-state index in [0.29, 0.717) is 11.7 Å². The van der Waals surface area contributed by atoms with Crippen molar-refractivity contribution in [2.24, 2.45) is 0 Å². The average Bonchev–Trinajstić information content (AvgIpc) is 3.09. The number of nitrogens with zero attached hydrogens (tertiary/aromatic N) is 2. The van der Waals surface area contributed by atoms with Gasteiger partial charge in [-0.15, -0.1) is 0 Å². The van der Waals surface area contributed by atoms with Crippen LogP contribution in [-0.2, 0) is 17.9 Å². The maximum atomic E-state index is 11.7. The number of alkyl carbamates (subject to hydrolysis) is 1. The fourth-order valence-electron chi connectivity index (χ4n) is 2.07. The Balaban J connectivity index is 1.50. The van der Waals surface area contributed by atoms with Crippen molar-refractivity contribution in [2.45, 2.75) is 20.1 Å². The summed E-state index contributed by atoms with van der Waals surface area (Å²) in [6, 6.07) is 17.3. The van der Waals surface area contributed by atoms with Crippen molar-refractivity contribution in [3.63, 3.8) is 0 Å². The molecule has 3 aromatic rings. The van der Waals surface area contributed by atoms with Crippen LogP contribution in [0.4, 0.5) is 4.79 Å². The Labute approximate surface area is 139 Å². The van der Waals surface area contributed by atoms with Crippen LogP contribution in [0.15, 0.2) is 59.1 Å². The van der Waals surface area contributed by atoms with Crippen LogP contribution in [-0.4, -0.2) is 16.2 Å². The van der Waals surface area contributed by atoms with Gasteiger partial charge < -0.3 is 14.6 Å². The van der Waals surface area contributed by atoms with Gasteiger partial charge in [0, 0.05) is 5.56 Å². The summed E-state index contributed by atoms with van der Waals surface area (Å²) in [7, 11) is 0. The fraction of sp³-hybridized carbons (Fsp3) is 0.167. The summed E-state index contributed by atoms with van der Waals surface area (Å²) in [5, 5.41) is 6.50. The summed E-state index contributed by atoms with van der Waals surface area (Å²) < 4.78 is 10.2. The minimum absolute atomic E-state index is 0.118. The zero-order valence-electron chi connectivity index (χ0n) is 13.2. The Morgan fingerprint density at radius 3 is 2.62 bits per heavy atom. The Kier molecular flexibility index (Phi) is 4.86. The van der Waals surface area contributed by atoms with E-state index in [4.69, 9.17) is 9.26 Å². The predicted octanol–water partition coefficient (Wildman–Crippen LogP) is 3.47. The van der Waals surface area contributed by atoms with Crippen LogP contribution in [0.5, 0.6) is 0 Å². The molecule has 0 saturated heterocycles. The van der Waals surface area contributed by atoms with Gasteiger partial charge >= 0.3 is 6.09 Å². The smallest absolute Gasteiger partial charge is 0.407 e. The zero-order chi connectivity index (χ0) is 16.8. The molecule has 24 heavy (non-hydrogen) atoms.